The number of hydrogen-bond acceptors (Lipinski definition) is 6. The maximum atomic E-state index is 9.23. The monoisotopic (exact) mass is 300 g/mol. The van der Waals surface area contributed by atoms with E-state index >= 15 is 0 Å². The smallest absolute Gasteiger partial charge is 0.148 e. The van der Waals surface area contributed by atoms with Crippen LogP contribution in [0.1, 0.15) is 11.1 Å². The molecule has 0 radical (unpaired) electrons. The van der Waals surface area contributed by atoms with E-state index in [4.69, 9.17) is 4.74 Å². The molecule has 2 aromatic rings. The quantitative estimate of drug-likeness (QED) is 0.653. The van der Waals surface area contributed by atoms with Gasteiger partial charge in [0, 0.05) is 6.54 Å². The Bertz CT molecular complexity index is 654. The molecular formula is C15H16N4OS. The van der Waals surface area contributed by atoms with E-state index in [1.807, 2.05) is 30.5 Å². The van der Waals surface area contributed by atoms with Crippen molar-refractivity contribution >= 4 is 17.6 Å². The van der Waals surface area contributed by atoms with Crippen LogP contribution in [0.5, 0.6) is 5.75 Å². The highest BCUT2D eigenvalue weighted by atomic mass is 32.2. The van der Waals surface area contributed by atoms with Crippen molar-refractivity contribution < 1.29 is 4.74 Å². The van der Waals surface area contributed by atoms with Crippen LogP contribution in [0, 0.1) is 11.3 Å². The summed E-state index contributed by atoms with van der Waals surface area (Å²) in [5.74, 6) is 1.44. The van der Waals surface area contributed by atoms with Gasteiger partial charge in [-0.3, -0.25) is 0 Å². The first kappa shape index (κ1) is 15.1. The zero-order chi connectivity index (χ0) is 15.1. The summed E-state index contributed by atoms with van der Waals surface area (Å²) >= 11 is 1.44. The van der Waals surface area contributed by atoms with Crippen LogP contribution in [0.15, 0.2) is 35.6 Å². The minimum Gasteiger partial charge on any atom is -0.496 e. The Morgan fingerprint density at radius 1 is 1.33 bits per heavy atom. The van der Waals surface area contributed by atoms with Crippen LogP contribution < -0.4 is 10.1 Å². The topological polar surface area (TPSA) is 70.8 Å². The number of anilines is 1. The Morgan fingerprint density at radius 2 is 2.14 bits per heavy atom. The average Bonchev–Trinajstić information content (AvgIpc) is 2.54. The highest BCUT2D eigenvalue weighted by Gasteiger charge is 2.10. The molecule has 1 aromatic carbocycles. The fraction of sp³-hybridized carbons (Fsp3) is 0.267. The number of methoxy groups -OCH3 is 1. The van der Waals surface area contributed by atoms with Gasteiger partial charge < -0.3 is 10.1 Å². The van der Waals surface area contributed by atoms with Gasteiger partial charge in [-0.2, -0.15) is 5.26 Å². The van der Waals surface area contributed by atoms with Crippen molar-refractivity contribution in [3.63, 3.8) is 0 Å². The predicted molar refractivity (Wildman–Crippen MR) is 83.7 cm³/mol. The molecule has 0 amide bonds. The molecule has 21 heavy (non-hydrogen) atoms. The Kier molecular flexibility index (Phi) is 5.41. The van der Waals surface area contributed by atoms with Gasteiger partial charge in [-0.1, -0.05) is 18.2 Å². The van der Waals surface area contributed by atoms with E-state index in [1.165, 1.54) is 18.1 Å². The molecule has 1 aromatic heterocycles. The Hall–Kier alpha value is -2.26. The maximum absolute atomic E-state index is 9.23. The summed E-state index contributed by atoms with van der Waals surface area (Å²) in [7, 11) is 1.66. The lowest BCUT2D eigenvalue weighted by atomic mass is 10.1. The molecule has 0 fully saturated rings. The molecule has 0 atom stereocenters. The summed E-state index contributed by atoms with van der Waals surface area (Å²) < 4.78 is 5.32. The molecule has 0 spiro atoms. The number of nitrogens with one attached hydrogen (secondary N) is 1. The number of nitrogens with zero attached hydrogens (tertiary/aromatic N) is 3. The van der Waals surface area contributed by atoms with Crippen molar-refractivity contribution in [1.29, 1.82) is 5.26 Å². The Morgan fingerprint density at radius 3 is 2.86 bits per heavy atom. The molecule has 2 rings (SSSR count). The lowest BCUT2D eigenvalue weighted by Gasteiger charge is -2.10. The van der Waals surface area contributed by atoms with Gasteiger partial charge in [0.05, 0.1) is 7.11 Å². The van der Waals surface area contributed by atoms with Crippen molar-refractivity contribution in [2.75, 3.05) is 25.2 Å². The maximum Gasteiger partial charge on any atom is 0.148 e. The molecular weight excluding hydrogens is 284 g/mol. The normalized spacial score (nSPS) is 9.95. The van der Waals surface area contributed by atoms with Gasteiger partial charge in [0.2, 0.25) is 0 Å². The number of rotatable bonds is 6. The minimum absolute atomic E-state index is 0.491. The molecule has 6 heteroatoms. The fourth-order valence-corrected chi connectivity index (χ4v) is 2.48. The average molecular weight is 300 g/mol. The SMILES string of the molecule is COc1ccccc1CCNc1ncnc(SC)c1C#N. The Balaban J connectivity index is 2.06. The fourth-order valence-electron chi connectivity index (χ4n) is 1.98. The number of aromatic nitrogens is 2. The van der Waals surface area contributed by atoms with Crippen molar-refractivity contribution in [2.45, 2.75) is 11.4 Å². The first-order valence-corrected chi connectivity index (χ1v) is 7.67. The standard InChI is InChI=1S/C15H16N4OS/c1-20-13-6-4-3-5-11(13)7-8-17-14-12(9-16)15(21-2)19-10-18-14/h3-6,10H,7-8H2,1-2H3,(H,17,18,19). The number of nitriles is 1. The van der Waals surface area contributed by atoms with Crippen LogP contribution in [0.2, 0.25) is 0 Å². The van der Waals surface area contributed by atoms with Crippen LogP contribution in [-0.4, -0.2) is 29.9 Å². The number of para-hydroxylation sites is 1. The summed E-state index contributed by atoms with van der Waals surface area (Å²) in [4.78, 5) is 8.23. The van der Waals surface area contributed by atoms with E-state index in [2.05, 4.69) is 21.4 Å². The summed E-state index contributed by atoms with van der Waals surface area (Å²) in [5.41, 5.74) is 1.61. The van der Waals surface area contributed by atoms with Crippen LogP contribution >= 0.6 is 11.8 Å². The van der Waals surface area contributed by atoms with E-state index in [9.17, 15) is 5.26 Å². The first-order valence-electron chi connectivity index (χ1n) is 6.45. The van der Waals surface area contributed by atoms with Gasteiger partial charge in [0.15, 0.2) is 0 Å². The third-order valence-corrected chi connectivity index (χ3v) is 3.69. The number of benzene rings is 1. The van der Waals surface area contributed by atoms with Gasteiger partial charge in [0.1, 0.15) is 34.6 Å². The third kappa shape index (κ3) is 3.64. The number of thioether (sulfide) groups is 1. The molecule has 0 unspecified atom stereocenters. The lowest BCUT2D eigenvalue weighted by Crippen LogP contribution is -2.09. The van der Waals surface area contributed by atoms with Gasteiger partial charge in [0.25, 0.3) is 0 Å². The second kappa shape index (κ2) is 7.50. The zero-order valence-corrected chi connectivity index (χ0v) is 12.8. The minimum atomic E-state index is 0.491. The number of ether oxygens (including phenoxy) is 1. The summed E-state index contributed by atoms with van der Waals surface area (Å²) in [6.07, 6.45) is 4.15. The molecule has 0 aliphatic rings. The van der Waals surface area contributed by atoms with Crippen LogP contribution in [0.4, 0.5) is 5.82 Å². The van der Waals surface area contributed by atoms with Crippen molar-refractivity contribution in [3.8, 4) is 11.8 Å². The van der Waals surface area contributed by atoms with Crippen molar-refractivity contribution in [3.05, 3.63) is 41.7 Å². The van der Waals surface area contributed by atoms with E-state index < -0.39 is 0 Å². The largest absolute Gasteiger partial charge is 0.496 e. The van der Waals surface area contributed by atoms with E-state index in [0.29, 0.717) is 23.0 Å². The van der Waals surface area contributed by atoms with Gasteiger partial charge in [-0.25, -0.2) is 9.97 Å². The van der Waals surface area contributed by atoms with Crippen LogP contribution in [0.25, 0.3) is 0 Å². The molecule has 1 N–H and O–H groups in total. The lowest BCUT2D eigenvalue weighted by molar-refractivity contribution is 0.410. The molecule has 0 saturated carbocycles. The van der Waals surface area contributed by atoms with Crippen molar-refractivity contribution in [1.82, 2.24) is 9.97 Å². The Labute approximate surface area is 128 Å². The summed E-state index contributed by atoms with van der Waals surface area (Å²) in [6, 6.07) is 10.0. The molecule has 108 valence electrons. The van der Waals surface area contributed by atoms with Gasteiger partial charge in [-0.15, -0.1) is 11.8 Å². The highest BCUT2D eigenvalue weighted by molar-refractivity contribution is 7.98. The second-order valence-electron chi connectivity index (χ2n) is 4.21. The second-order valence-corrected chi connectivity index (χ2v) is 5.00. The number of hydrogen-bond donors (Lipinski definition) is 1. The molecule has 0 saturated heterocycles. The van der Waals surface area contributed by atoms with E-state index in [0.717, 1.165) is 17.7 Å². The first-order chi connectivity index (χ1) is 10.3. The van der Waals surface area contributed by atoms with E-state index in [-0.39, 0.29) is 0 Å². The molecule has 0 aliphatic heterocycles. The molecule has 5 nitrogen and oxygen atoms in total. The van der Waals surface area contributed by atoms with E-state index in [1.54, 1.807) is 7.11 Å². The molecule has 1 heterocycles. The summed E-state index contributed by atoms with van der Waals surface area (Å²) in [6.45, 7) is 0.667. The van der Waals surface area contributed by atoms with Crippen LogP contribution in [0.3, 0.4) is 0 Å². The van der Waals surface area contributed by atoms with Crippen LogP contribution in [-0.2, 0) is 6.42 Å². The highest BCUT2D eigenvalue weighted by Crippen LogP contribution is 2.22. The third-order valence-electron chi connectivity index (χ3n) is 3.00. The van der Waals surface area contributed by atoms with Gasteiger partial charge >= 0.3 is 0 Å². The zero-order valence-electron chi connectivity index (χ0n) is 12.0. The van der Waals surface area contributed by atoms with Crippen molar-refractivity contribution in [2.24, 2.45) is 0 Å². The predicted octanol–water partition coefficient (Wildman–Crippen LogP) is 2.73. The molecule has 0 bridgehead atoms. The molecule has 0 aliphatic carbocycles. The summed E-state index contributed by atoms with van der Waals surface area (Å²) in [5, 5.41) is 13.1. The van der Waals surface area contributed by atoms with Gasteiger partial charge in [-0.05, 0) is 24.3 Å².